The number of nitrogens with zero attached hydrogens (tertiary/aromatic N) is 1. The van der Waals surface area contributed by atoms with Gasteiger partial charge < -0.3 is 0 Å². The van der Waals surface area contributed by atoms with Gasteiger partial charge in [0, 0.05) is 6.20 Å². The Morgan fingerprint density at radius 2 is 2.33 bits per heavy atom. The van der Waals surface area contributed by atoms with Gasteiger partial charge >= 0.3 is 0 Å². The van der Waals surface area contributed by atoms with Gasteiger partial charge in [0.1, 0.15) is 0 Å². The SMILES string of the molecule is O=S1(=O)CCCc2[c]ccnc21. The summed E-state index contributed by atoms with van der Waals surface area (Å²) >= 11 is 0. The summed E-state index contributed by atoms with van der Waals surface area (Å²) in [5.41, 5.74) is 0.740. The van der Waals surface area contributed by atoms with Crippen molar-refractivity contribution in [1.82, 2.24) is 4.98 Å². The molecule has 0 N–H and O–H groups in total. The van der Waals surface area contributed by atoms with Crippen LogP contribution in [0.1, 0.15) is 12.0 Å². The summed E-state index contributed by atoms with van der Waals surface area (Å²) in [6, 6.07) is 4.56. The molecule has 12 heavy (non-hydrogen) atoms. The number of fused-ring (bicyclic) bond motifs is 1. The van der Waals surface area contributed by atoms with E-state index in [0.717, 1.165) is 12.0 Å². The molecule has 63 valence electrons. The Balaban J connectivity index is 2.67. The molecular formula is C8H8NO2S. The van der Waals surface area contributed by atoms with Crippen molar-refractivity contribution >= 4 is 9.84 Å². The molecule has 1 aromatic rings. The van der Waals surface area contributed by atoms with Gasteiger partial charge in [-0.1, -0.05) is 0 Å². The topological polar surface area (TPSA) is 47.0 Å². The van der Waals surface area contributed by atoms with Gasteiger partial charge in [-0.15, -0.1) is 0 Å². The van der Waals surface area contributed by atoms with Gasteiger partial charge in [-0.25, -0.2) is 13.4 Å². The number of hydrogen-bond acceptors (Lipinski definition) is 3. The number of aryl methyl sites for hydroxylation is 1. The van der Waals surface area contributed by atoms with Crippen LogP contribution in [-0.2, 0) is 16.3 Å². The molecule has 0 aromatic carbocycles. The predicted molar refractivity (Wildman–Crippen MR) is 43.4 cm³/mol. The predicted octanol–water partition coefficient (Wildman–Crippen LogP) is 0.602. The second kappa shape index (κ2) is 2.55. The third-order valence-corrected chi connectivity index (χ3v) is 3.68. The summed E-state index contributed by atoms with van der Waals surface area (Å²) in [6.45, 7) is 0. The van der Waals surface area contributed by atoms with E-state index in [4.69, 9.17) is 0 Å². The maximum atomic E-state index is 11.4. The van der Waals surface area contributed by atoms with Crippen molar-refractivity contribution < 1.29 is 8.42 Å². The van der Waals surface area contributed by atoms with Crippen LogP contribution in [0.5, 0.6) is 0 Å². The number of sulfone groups is 1. The third kappa shape index (κ3) is 1.12. The summed E-state index contributed by atoms with van der Waals surface area (Å²) in [4.78, 5) is 3.85. The molecule has 4 heteroatoms. The quantitative estimate of drug-likeness (QED) is 0.590. The van der Waals surface area contributed by atoms with E-state index in [1.165, 1.54) is 6.20 Å². The Morgan fingerprint density at radius 1 is 1.50 bits per heavy atom. The van der Waals surface area contributed by atoms with Gasteiger partial charge in [0.25, 0.3) is 0 Å². The van der Waals surface area contributed by atoms with Gasteiger partial charge in [0.15, 0.2) is 14.9 Å². The zero-order valence-corrected chi connectivity index (χ0v) is 7.26. The minimum absolute atomic E-state index is 0.227. The summed E-state index contributed by atoms with van der Waals surface area (Å²) in [7, 11) is -3.08. The number of pyridine rings is 1. The van der Waals surface area contributed by atoms with Crippen LogP contribution in [0.25, 0.3) is 0 Å². The van der Waals surface area contributed by atoms with Gasteiger partial charge in [0.2, 0.25) is 0 Å². The van der Waals surface area contributed by atoms with Crippen LogP contribution in [0, 0.1) is 6.07 Å². The fraction of sp³-hybridized carbons (Fsp3) is 0.375. The van der Waals surface area contributed by atoms with Gasteiger partial charge in [-0.05, 0) is 30.5 Å². The van der Waals surface area contributed by atoms with Crippen LogP contribution in [0.3, 0.4) is 0 Å². The van der Waals surface area contributed by atoms with Gasteiger partial charge in [-0.2, -0.15) is 0 Å². The lowest BCUT2D eigenvalue weighted by atomic mass is 10.2. The average molecular weight is 182 g/mol. The fourth-order valence-corrected chi connectivity index (χ4v) is 2.84. The molecule has 3 nitrogen and oxygen atoms in total. The lowest BCUT2D eigenvalue weighted by molar-refractivity contribution is 0.581. The molecule has 0 unspecified atom stereocenters. The maximum Gasteiger partial charge on any atom is 0.195 e. The Kier molecular flexibility index (Phi) is 1.65. The van der Waals surface area contributed by atoms with Crippen LogP contribution < -0.4 is 0 Å². The highest BCUT2D eigenvalue weighted by atomic mass is 32.2. The molecule has 0 atom stereocenters. The van der Waals surface area contributed by atoms with Crippen molar-refractivity contribution in [2.75, 3.05) is 5.75 Å². The van der Waals surface area contributed by atoms with Gasteiger partial charge in [-0.3, -0.25) is 0 Å². The highest BCUT2D eigenvalue weighted by Crippen LogP contribution is 2.21. The molecule has 0 spiro atoms. The van der Waals surface area contributed by atoms with Crippen molar-refractivity contribution in [3.05, 3.63) is 23.9 Å². The Bertz CT molecular complexity index is 397. The molecule has 1 aromatic heterocycles. The number of hydrogen-bond donors (Lipinski definition) is 0. The first-order valence-corrected chi connectivity index (χ1v) is 5.44. The lowest BCUT2D eigenvalue weighted by Crippen LogP contribution is -2.17. The molecule has 1 radical (unpaired) electrons. The van der Waals surface area contributed by atoms with Crippen LogP contribution >= 0.6 is 0 Å². The molecular weight excluding hydrogens is 174 g/mol. The Labute approximate surface area is 71.4 Å². The lowest BCUT2D eigenvalue weighted by Gasteiger charge is -2.13. The van der Waals surface area contributed by atoms with Crippen molar-refractivity contribution in [3.8, 4) is 0 Å². The average Bonchev–Trinajstić information content (AvgIpc) is 2.04. The van der Waals surface area contributed by atoms with Crippen LogP contribution in [0.15, 0.2) is 17.3 Å². The van der Waals surface area contributed by atoms with E-state index in [9.17, 15) is 8.42 Å². The van der Waals surface area contributed by atoms with Crippen molar-refractivity contribution in [3.63, 3.8) is 0 Å². The van der Waals surface area contributed by atoms with Crippen molar-refractivity contribution in [2.45, 2.75) is 17.9 Å². The molecule has 1 aliphatic heterocycles. The number of rotatable bonds is 0. The third-order valence-electron chi connectivity index (χ3n) is 1.92. The van der Waals surface area contributed by atoms with Crippen molar-refractivity contribution in [1.29, 1.82) is 0 Å². The largest absolute Gasteiger partial charge is 0.244 e. The smallest absolute Gasteiger partial charge is 0.195 e. The number of aromatic nitrogens is 1. The minimum atomic E-state index is -3.08. The minimum Gasteiger partial charge on any atom is -0.244 e. The first-order chi connectivity index (χ1) is 5.70. The Hall–Kier alpha value is -0.900. The highest BCUT2D eigenvalue weighted by molar-refractivity contribution is 7.91. The fourth-order valence-electron chi connectivity index (χ4n) is 1.37. The molecule has 0 bridgehead atoms. The molecule has 2 heterocycles. The highest BCUT2D eigenvalue weighted by Gasteiger charge is 2.24. The molecule has 0 amide bonds. The van der Waals surface area contributed by atoms with Crippen LogP contribution in [-0.4, -0.2) is 19.2 Å². The second-order valence-electron chi connectivity index (χ2n) is 2.80. The van der Waals surface area contributed by atoms with Crippen LogP contribution in [0.4, 0.5) is 0 Å². The van der Waals surface area contributed by atoms with E-state index in [2.05, 4.69) is 11.1 Å². The first kappa shape index (κ1) is 7.73. The van der Waals surface area contributed by atoms with E-state index in [1.807, 2.05) is 0 Å². The maximum absolute atomic E-state index is 11.4. The normalized spacial score (nSPS) is 20.0. The molecule has 2 rings (SSSR count). The van der Waals surface area contributed by atoms with E-state index in [1.54, 1.807) is 6.07 Å². The molecule has 0 fully saturated rings. The van der Waals surface area contributed by atoms with E-state index >= 15 is 0 Å². The molecule has 0 saturated heterocycles. The summed E-state index contributed by atoms with van der Waals surface area (Å²) in [5, 5.41) is 0.233. The second-order valence-corrected chi connectivity index (χ2v) is 4.82. The van der Waals surface area contributed by atoms with E-state index < -0.39 is 9.84 Å². The summed E-state index contributed by atoms with van der Waals surface area (Å²) in [5.74, 6) is 0.227. The van der Waals surface area contributed by atoms with Crippen molar-refractivity contribution in [2.24, 2.45) is 0 Å². The summed E-state index contributed by atoms with van der Waals surface area (Å²) in [6.07, 6.45) is 2.95. The Morgan fingerprint density at radius 3 is 3.08 bits per heavy atom. The van der Waals surface area contributed by atoms with Gasteiger partial charge in [0.05, 0.1) is 5.75 Å². The van der Waals surface area contributed by atoms with Crippen LogP contribution in [0.2, 0.25) is 0 Å². The molecule has 0 saturated carbocycles. The zero-order valence-electron chi connectivity index (χ0n) is 6.45. The molecule has 1 aliphatic rings. The standard InChI is InChI=1S/C8H8NO2S/c10-12(11)6-2-4-7-3-1-5-9-8(7)12/h1,5H,2,4,6H2. The summed E-state index contributed by atoms with van der Waals surface area (Å²) < 4.78 is 22.8. The monoisotopic (exact) mass is 182 g/mol. The van der Waals surface area contributed by atoms with E-state index in [0.29, 0.717) is 6.42 Å². The first-order valence-electron chi connectivity index (χ1n) is 3.78. The molecule has 0 aliphatic carbocycles. The zero-order chi connectivity index (χ0) is 8.60. The van der Waals surface area contributed by atoms with E-state index in [-0.39, 0.29) is 10.8 Å².